The van der Waals surface area contributed by atoms with Gasteiger partial charge in [0.15, 0.2) is 0 Å². The molecule has 31 heavy (non-hydrogen) atoms. The lowest BCUT2D eigenvalue weighted by Gasteiger charge is -2.35. The van der Waals surface area contributed by atoms with Gasteiger partial charge in [0.25, 0.3) is 0 Å². The first kappa shape index (κ1) is 21.8. The van der Waals surface area contributed by atoms with Crippen molar-refractivity contribution in [2.24, 2.45) is 0 Å². The van der Waals surface area contributed by atoms with E-state index in [1.165, 1.54) is 10.4 Å². The minimum absolute atomic E-state index is 0.0627. The molecule has 0 N–H and O–H groups in total. The van der Waals surface area contributed by atoms with Crippen LogP contribution in [-0.4, -0.2) is 45.8 Å². The standard InChI is InChI=1S/C23H30N4O3S/c1-23(2,3)30-22(28)27(4)15-6-8-16(9-7-15)29-20-19-18-14(11-12-24)5-10-17(18)31-21(19)26-13-25-20/h13-16H,5-11H2,1-4H3/t14-,15-,16-/m1/s1. The van der Waals surface area contributed by atoms with E-state index in [-0.39, 0.29) is 24.2 Å². The first-order valence-corrected chi connectivity index (χ1v) is 11.8. The van der Waals surface area contributed by atoms with Crippen molar-refractivity contribution in [2.75, 3.05) is 7.05 Å². The molecule has 2 heterocycles. The van der Waals surface area contributed by atoms with Gasteiger partial charge in [-0.25, -0.2) is 14.8 Å². The van der Waals surface area contributed by atoms with Crippen molar-refractivity contribution in [1.29, 1.82) is 5.26 Å². The highest BCUT2D eigenvalue weighted by Crippen LogP contribution is 2.47. The molecule has 0 spiro atoms. The topological polar surface area (TPSA) is 88.3 Å². The fraction of sp³-hybridized carbons (Fsp3) is 0.652. The molecule has 0 aliphatic heterocycles. The zero-order valence-electron chi connectivity index (χ0n) is 18.7. The molecule has 4 rings (SSSR count). The second-order valence-corrected chi connectivity index (χ2v) is 10.6. The highest BCUT2D eigenvalue weighted by molar-refractivity contribution is 7.19. The van der Waals surface area contributed by atoms with Crippen molar-refractivity contribution in [3.63, 3.8) is 0 Å². The Balaban J connectivity index is 1.44. The van der Waals surface area contributed by atoms with Gasteiger partial charge in [-0.1, -0.05) is 0 Å². The van der Waals surface area contributed by atoms with Crippen molar-refractivity contribution in [2.45, 2.75) is 89.4 Å². The molecular formula is C23H30N4O3S. The molecule has 7 nitrogen and oxygen atoms in total. The fourth-order valence-corrected chi connectivity index (χ4v) is 5.87. The molecule has 1 fully saturated rings. The highest BCUT2D eigenvalue weighted by atomic mass is 32.1. The van der Waals surface area contributed by atoms with E-state index in [1.807, 2.05) is 27.8 Å². The van der Waals surface area contributed by atoms with Gasteiger partial charge in [0, 0.05) is 24.4 Å². The Bertz CT molecular complexity index is 999. The number of nitriles is 1. The molecule has 8 heteroatoms. The zero-order chi connectivity index (χ0) is 22.2. The lowest BCUT2D eigenvalue weighted by molar-refractivity contribution is 0.0138. The Hall–Kier alpha value is -2.40. The average molecular weight is 443 g/mol. The summed E-state index contributed by atoms with van der Waals surface area (Å²) in [7, 11) is 1.82. The van der Waals surface area contributed by atoms with E-state index in [9.17, 15) is 10.1 Å². The molecule has 1 amide bonds. The second-order valence-electron chi connectivity index (χ2n) is 9.54. The summed E-state index contributed by atoms with van der Waals surface area (Å²) in [5.74, 6) is 0.900. The number of carbonyl (C=O) groups is 1. The SMILES string of the molecule is CN(C(=O)OC(C)(C)C)[C@H]1CC[C@H](Oc2ncnc3sc4c(c23)[C@@H](CC#N)CC4)CC1. The summed E-state index contributed by atoms with van der Waals surface area (Å²) in [5.41, 5.74) is 0.740. The number of aromatic nitrogens is 2. The number of amides is 1. The summed E-state index contributed by atoms with van der Waals surface area (Å²) in [6.07, 6.45) is 7.36. The van der Waals surface area contributed by atoms with Gasteiger partial charge in [-0.3, -0.25) is 0 Å². The van der Waals surface area contributed by atoms with Crippen molar-refractivity contribution in [3.05, 3.63) is 16.8 Å². The van der Waals surface area contributed by atoms with E-state index in [2.05, 4.69) is 16.0 Å². The van der Waals surface area contributed by atoms with Crippen LogP contribution in [0.25, 0.3) is 10.2 Å². The first-order chi connectivity index (χ1) is 14.8. The minimum Gasteiger partial charge on any atom is -0.474 e. The number of fused-ring (bicyclic) bond motifs is 3. The van der Waals surface area contributed by atoms with Crippen LogP contribution in [0, 0.1) is 11.3 Å². The Kier molecular flexibility index (Phi) is 6.07. The molecule has 2 aromatic rings. The van der Waals surface area contributed by atoms with Crippen molar-refractivity contribution >= 4 is 27.6 Å². The average Bonchev–Trinajstić information content (AvgIpc) is 3.27. The molecule has 1 saturated carbocycles. The summed E-state index contributed by atoms with van der Waals surface area (Å²) in [6, 6.07) is 2.48. The second kappa shape index (κ2) is 8.62. The Morgan fingerprint density at radius 2 is 2.00 bits per heavy atom. The highest BCUT2D eigenvalue weighted by Gasteiger charge is 2.33. The summed E-state index contributed by atoms with van der Waals surface area (Å²) in [6.45, 7) is 5.65. The Morgan fingerprint density at radius 1 is 1.26 bits per heavy atom. The third-order valence-corrected chi connectivity index (χ3v) is 7.36. The lowest BCUT2D eigenvalue weighted by atomic mass is 9.92. The van der Waals surface area contributed by atoms with Gasteiger partial charge in [-0.05, 0) is 70.8 Å². The molecule has 166 valence electrons. The lowest BCUT2D eigenvalue weighted by Crippen LogP contribution is -2.43. The van der Waals surface area contributed by atoms with Gasteiger partial charge in [0.2, 0.25) is 5.88 Å². The van der Waals surface area contributed by atoms with Crippen LogP contribution in [0.2, 0.25) is 0 Å². The summed E-state index contributed by atoms with van der Waals surface area (Å²) in [4.78, 5) is 25.3. The fourth-order valence-electron chi connectivity index (χ4n) is 4.64. The van der Waals surface area contributed by atoms with Crippen LogP contribution < -0.4 is 4.74 Å². The number of ether oxygens (including phenoxy) is 2. The van der Waals surface area contributed by atoms with Crippen molar-refractivity contribution in [3.8, 4) is 11.9 Å². The number of thiophene rings is 1. The van der Waals surface area contributed by atoms with Crippen LogP contribution in [0.5, 0.6) is 5.88 Å². The number of hydrogen-bond donors (Lipinski definition) is 0. The predicted molar refractivity (Wildman–Crippen MR) is 119 cm³/mol. The quantitative estimate of drug-likeness (QED) is 0.647. The molecule has 2 aliphatic carbocycles. The predicted octanol–water partition coefficient (Wildman–Crippen LogP) is 5.19. The molecule has 0 unspecified atom stereocenters. The molecule has 2 aliphatic rings. The van der Waals surface area contributed by atoms with E-state index in [0.717, 1.165) is 48.7 Å². The van der Waals surface area contributed by atoms with E-state index < -0.39 is 5.60 Å². The third-order valence-electron chi connectivity index (χ3n) is 6.18. The maximum Gasteiger partial charge on any atom is 0.410 e. The van der Waals surface area contributed by atoms with Crippen molar-refractivity contribution < 1.29 is 14.3 Å². The molecule has 0 saturated heterocycles. The van der Waals surface area contributed by atoms with E-state index >= 15 is 0 Å². The third kappa shape index (κ3) is 4.62. The maximum absolute atomic E-state index is 12.4. The smallest absolute Gasteiger partial charge is 0.410 e. The monoisotopic (exact) mass is 442 g/mol. The number of nitrogens with zero attached hydrogens (tertiary/aromatic N) is 4. The van der Waals surface area contributed by atoms with Crippen LogP contribution in [0.4, 0.5) is 4.79 Å². The summed E-state index contributed by atoms with van der Waals surface area (Å²) < 4.78 is 11.9. The molecular weight excluding hydrogens is 412 g/mol. The van der Waals surface area contributed by atoms with Crippen LogP contribution in [0.1, 0.15) is 75.7 Å². The minimum atomic E-state index is -0.492. The van der Waals surface area contributed by atoms with Crippen LogP contribution in [0.15, 0.2) is 6.33 Å². The normalized spacial score (nSPS) is 23.3. The van der Waals surface area contributed by atoms with E-state index in [0.29, 0.717) is 12.3 Å². The van der Waals surface area contributed by atoms with Gasteiger partial charge >= 0.3 is 6.09 Å². The first-order valence-electron chi connectivity index (χ1n) is 11.0. The summed E-state index contributed by atoms with van der Waals surface area (Å²) >= 11 is 1.71. The largest absolute Gasteiger partial charge is 0.474 e. The van der Waals surface area contributed by atoms with Crippen LogP contribution >= 0.6 is 11.3 Å². The maximum atomic E-state index is 12.4. The van der Waals surface area contributed by atoms with Gasteiger partial charge in [0.1, 0.15) is 22.9 Å². The number of hydrogen-bond acceptors (Lipinski definition) is 7. The zero-order valence-corrected chi connectivity index (χ0v) is 19.5. The van der Waals surface area contributed by atoms with Crippen molar-refractivity contribution in [1.82, 2.24) is 14.9 Å². The molecule has 1 atom stereocenters. The molecule has 2 aromatic heterocycles. The van der Waals surface area contributed by atoms with Crippen LogP contribution in [0.3, 0.4) is 0 Å². The number of aryl methyl sites for hydroxylation is 1. The Labute approximate surface area is 187 Å². The molecule has 0 radical (unpaired) electrons. The van der Waals surface area contributed by atoms with Crippen LogP contribution in [-0.2, 0) is 11.2 Å². The van der Waals surface area contributed by atoms with Gasteiger partial charge in [-0.15, -0.1) is 11.3 Å². The van der Waals surface area contributed by atoms with E-state index in [1.54, 1.807) is 22.6 Å². The van der Waals surface area contributed by atoms with Gasteiger partial charge in [0.05, 0.1) is 11.5 Å². The van der Waals surface area contributed by atoms with Gasteiger partial charge in [-0.2, -0.15) is 5.26 Å². The van der Waals surface area contributed by atoms with Gasteiger partial charge < -0.3 is 14.4 Å². The summed E-state index contributed by atoms with van der Waals surface area (Å²) in [5, 5.41) is 10.2. The molecule has 0 aromatic carbocycles. The molecule has 0 bridgehead atoms. The Morgan fingerprint density at radius 3 is 2.68 bits per heavy atom. The number of rotatable bonds is 4. The number of carbonyl (C=O) groups excluding carboxylic acids is 1. The van der Waals surface area contributed by atoms with E-state index in [4.69, 9.17) is 9.47 Å².